The quantitative estimate of drug-likeness (QED) is 0.248. The van der Waals surface area contributed by atoms with Gasteiger partial charge in [-0.3, -0.25) is 0 Å². The molecule has 5 aromatic rings. The number of hydrogen-bond donors (Lipinski definition) is 0. The van der Waals surface area contributed by atoms with Crippen molar-refractivity contribution in [3.05, 3.63) is 96.7 Å². The highest BCUT2D eigenvalue weighted by Gasteiger charge is 2.23. The van der Waals surface area contributed by atoms with Gasteiger partial charge in [-0.1, -0.05) is 56.3 Å². The second kappa shape index (κ2) is 8.63. The number of para-hydroxylation sites is 2. The van der Waals surface area contributed by atoms with Crippen LogP contribution in [0.25, 0.3) is 38.8 Å². The first-order valence-corrected chi connectivity index (χ1v) is 11.8. The highest BCUT2D eigenvalue weighted by atomic mass is 15.0. The fraction of sp³-hybridized carbons (Fsp3) is 0.233. The number of benzene rings is 3. The highest BCUT2D eigenvalue weighted by molar-refractivity contribution is 6.09. The number of nitrogens with zero attached hydrogens (tertiary/aromatic N) is 2. The minimum Gasteiger partial charge on any atom is -0.309 e. The van der Waals surface area contributed by atoms with Gasteiger partial charge in [-0.25, -0.2) is 0 Å². The summed E-state index contributed by atoms with van der Waals surface area (Å²) in [6.45, 7) is 6.80. The Morgan fingerprint density at radius 2 is 1.44 bits per heavy atom. The molecule has 2 heteroatoms. The molecule has 32 heavy (non-hydrogen) atoms. The van der Waals surface area contributed by atoms with E-state index in [1.807, 2.05) is 0 Å². The number of fused-ring (bicyclic) bond motifs is 3. The minimum atomic E-state index is 0.521. The van der Waals surface area contributed by atoms with Crippen molar-refractivity contribution in [2.45, 2.75) is 46.1 Å². The van der Waals surface area contributed by atoms with E-state index in [9.17, 15) is 0 Å². The first-order valence-electron chi connectivity index (χ1n) is 11.8. The maximum absolute atomic E-state index is 2.49. The molecule has 2 aromatic heterocycles. The zero-order valence-corrected chi connectivity index (χ0v) is 19.3. The van der Waals surface area contributed by atoms with Crippen molar-refractivity contribution < 1.29 is 4.57 Å². The van der Waals surface area contributed by atoms with Crippen molar-refractivity contribution in [2.24, 2.45) is 0 Å². The molecule has 0 N–H and O–H groups in total. The lowest BCUT2D eigenvalue weighted by Crippen LogP contribution is -2.41. The van der Waals surface area contributed by atoms with Crippen LogP contribution in [0.4, 0.5) is 0 Å². The Labute approximate surface area is 190 Å². The van der Waals surface area contributed by atoms with Crippen molar-refractivity contribution in [1.29, 1.82) is 0 Å². The summed E-state index contributed by atoms with van der Waals surface area (Å²) < 4.78 is 4.89. The van der Waals surface area contributed by atoms with Crippen molar-refractivity contribution in [2.75, 3.05) is 0 Å². The number of rotatable bonds is 6. The van der Waals surface area contributed by atoms with Gasteiger partial charge in [-0.2, -0.15) is 4.57 Å². The molecule has 0 aliphatic carbocycles. The first-order chi connectivity index (χ1) is 15.7. The Morgan fingerprint density at radius 3 is 2.09 bits per heavy atom. The summed E-state index contributed by atoms with van der Waals surface area (Å²) in [6.07, 6.45) is 5.79. The van der Waals surface area contributed by atoms with Crippen LogP contribution in [0, 0.1) is 6.92 Å². The summed E-state index contributed by atoms with van der Waals surface area (Å²) in [5.41, 5.74) is 7.62. The zero-order valence-electron chi connectivity index (χ0n) is 19.3. The van der Waals surface area contributed by atoms with Crippen molar-refractivity contribution in [1.82, 2.24) is 4.57 Å². The van der Waals surface area contributed by atoms with Crippen molar-refractivity contribution in [3.8, 4) is 16.9 Å². The molecule has 0 aliphatic heterocycles. The molecule has 1 atom stereocenters. The molecule has 0 saturated carbocycles. The van der Waals surface area contributed by atoms with Gasteiger partial charge in [-0.15, -0.1) is 0 Å². The predicted molar refractivity (Wildman–Crippen MR) is 135 cm³/mol. The van der Waals surface area contributed by atoms with Gasteiger partial charge in [0.2, 0.25) is 5.69 Å². The van der Waals surface area contributed by atoms with E-state index in [0.29, 0.717) is 6.04 Å². The van der Waals surface area contributed by atoms with Crippen molar-refractivity contribution >= 4 is 21.8 Å². The van der Waals surface area contributed by atoms with E-state index in [2.05, 4.69) is 121 Å². The summed E-state index contributed by atoms with van der Waals surface area (Å²) in [5, 5.41) is 2.60. The third kappa shape index (κ3) is 3.40. The Hall–Kier alpha value is -3.39. The second-order valence-corrected chi connectivity index (χ2v) is 8.71. The van der Waals surface area contributed by atoms with E-state index >= 15 is 0 Å². The highest BCUT2D eigenvalue weighted by Crippen LogP contribution is 2.33. The van der Waals surface area contributed by atoms with Crippen LogP contribution in [0.15, 0.2) is 91.1 Å². The van der Waals surface area contributed by atoms with Gasteiger partial charge < -0.3 is 4.57 Å². The van der Waals surface area contributed by atoms with Crippen LogP contribution in [-0.4, -0.2) is 4.57 Å². The topological polar surface area (TPSA) is 8.81 Å². The fourth-order valence-corrected chi connectivity index (χ4v) is 5.10. The van der Waals surface area contributed by atoms with Crippen LogP contribution in [0.5, 0.6) is 0 Å². The molecule has 5 rings (SSSR count). The summed E-state index contributed by atoms with van der Waals surface area (Å²) in [5.74, 6) is 0. The third-order valence-corrected chi connectivity index (χ3v) is 6.71. The molecule has 3 aromatic carbocycles. The van der Waals surface area contributed by atoms with Gasteiger partial charge >= 0.3 is 0 Å². The second-order valence-electron chi connectivity index (χ2n) is 8.71. The number of pyridine rings is 1. The summed E-state index contributed by atoms with van der Waals surface area (Å²) in [7, 11) is 0. The smallest absolute Gasteiger partial charge is 0.213 e. The van der Waals surface area contributed by atoms with E-state index in [0.717, 1.165) is 6.42 Å². The van der Waals surface area contributed by atoms with Crippen LogP contribution in [0.2, 0.25) is 0 Å². The number of aryl methyl sites for hydroxylation is 1. The molecule has 2 heterocycles. The standard InChI is InChI=1S/C30H31N2/c1-4-12-23(5-2)31-20-11-10-15-28(31)27-21-24(19-18-22(27)3)32-29-16-8-6-13-25(29)26-14-7-9-17-30(26)32/h6-11,13-21,23H,4-5,12H2,1-3H3/q+1. The summed E-state index contributed by atoms with van der Waals surface area (Å²) >= 11 is 0. The Kier molecular flexibility index (Phi) is 5.53. The van der Waals surface area contributed by atoms with Gasteiger partial charge in [0.05, 0.1) is 16.6 Å². The normalized spacial score (nSPS) is 12.5. The lowest BCUT2D eigenvalue weighted by molar-refractivity contribution is -0.713. The summed E-state index contributed by atoms with van der Waals surface area (Å²) in [6, 6.07) is 31.5. The van der Waals surface area contributed by atoms with Crippen LogP contribution in [0.3, 0.4) is 0 Å². The van der Waals surface area contributed by atoms with Crippen LogP contribution >= 0.6 is 0 Å². The van der Waals surface area contributed by atoms with Crippen LogP contribution in [0.1, 0.15) is 44.7 Å². The number of hydrogen-bond acceptors (Lipinski definition) is 0. The molecule has 2 nitrogen and oxygen atoms in total. The molecule has 0 radical (unpaired) electrons. The maximum atomic E-state index is 2.49. The lowest BCUT2D eigenvalue weighted by Gasteiger charge is -2.15. The molecule has 0 amide bonds. The molecular weight excluding hydrogens is 388 g/mol. The van der Waals surface area contributed by atoms with Crippen molar-refractivity contribution in [3.63, 3.8) is 0 Å². The molecule has 0 fully saturated rings. The van der Waals surface area contributed by atoms with Gasteiger partial charge in [0.1, 0.15) is 0 Å². The third-order valence-electron chi connectivity index (χ3n) is 6.71. The number of aromatic nitrogens is 2. The monoisotopic (exact) mass is 419 g/mol. The molecule has 0 saturated heterocycles. The van der Waals surface area contributed by atoms with E-state index in [4.69, 9.17) is 0 Å². The molecular formula is C30H31N2+. The Morgan fingerprint density at radius 1 is 0.781 bits per heavy atom. The molecule has 0 spiro atoms. The van der Waals surface area contributed by atoms with Gasteiger partial charge in [0, 0.05) is 41.4 Å². The largest absolute Gasteiger partial charge is 0.309 e. The maximum Gasteiger partial charge on any atom is 0.213 e. The summed E-state index contributed by atoms with van der Waals surface area (Å²) in [4.78, 5) is 0. The Bertz CT molecular complexity index is 1340. The van der Waals surface area contributed by atoms with E-state index in [1.165, 1.54) is 57.2 Å². The lowest BCUT2D eigenvalue weighted by atomic mass is 10.0. The average Bonchev–Trinajstić information content (AvgIpc) is 3.18. The Balaban J connectivity index is 1.74. The molecule has 0 aliphatic rings. The predicted octanol–water partition coefficient (Wildman–Crippen LogP) is 7.80. The molecule has 160 valence electrons. The first kappa shape index (κ1) is 20.5. The van der Waals surface area contributed by atoms with E-state index in [1.54, 1.807) is 0 Å². The van der Waals surface area contributed by atoms with Gasteiger partial charge in [0.15, 0.2) is 12.2 Å². The zero-order chi connectivity index (χ0) is 22.1. The van der Waals surface area contributed by atoms with Gasteiger partial charge in [-0.05, 0) is 49.2 Å². The van der Waals surface area contributed by atoms with Crippen LogP contribution in [-0.2, 0) is 0 Å². The van der Waals surface area contributed by atoms with Crippen LogP contribution < -0.4 is 4.57 Å². The molecule has 0 bridgehead atoms. The van der Waals surface area contributed by atoms with Gasteiger partial charge in [0.25, 0.3) is 0 Å². The average molecular weight is 420 g/mol. The van der Waals surface area contributed by atoms with E-state index in [-0.39, 0.29) is 0 Å². The van der Waals surface area contributed by atoms with E-state index < -0.39 is 0 Å². The molecule has 1 unspecified atom stereocenters. The minimum absolute atomic E-state index is 0.521. The fourth-order valence-electron chi connectivity index (χ4n) is 5.10. The SMILES string of the molecule is CCCC(CC)[n+]1ccccc1-c1cc(-n2c3ccccc3c3ccccc32)ccc1C.